The van der Waals surface area contributed by atoms with Gasteiger partial charge in [0.05, 0.1) is 18.3 Å². The number of amides is 1. The summed E-state index contributed by atoms with van der Waals surface area (Å²) in [6.45, 7) is 8.20. The summed E-state index contributed by atoms with van der Waals surface area (Å²) >= 11 is 0. The Labute approximate surface area is 186 Å². The Morgan fingerprint density at radius 2 is 2.16 bits per heavy atom. The van der Waals surface area contributed by atoms with Crippen molar-refractivity contribution in [2.24, 2.45) is 11.3 Å². The number of piperidine rings is 1. The zero-order valence-electron chi connectivity index (χ0n) is 19.1. The highest BCUT2D eigenvalue weighted by molar-refractivity contribution is 6.01. The van der Waals surface area contributed by atoms with Crippen molar-refractivity contribution in [3.8, 4) is 5.75 Å². The highest BCUT2D eigenvalue weighted by Gasteiger charge is 2.40. The van der Waals surface area contributed by atoms with Crippen LogP contribution in [-0.2, 0) is 4.79 Å². The van der Waals surface area contributed by atoms with Crippen LogP contribution in [0.15, 0.2) is 43.1 Å². The molecule has 1 aliphatic heterocycles. The van der Waals surface area contributed by atoms with Crippen LogP contribution in [0.25, 0.3) is 10.9 Å². The van der Waals surface area contributed by atoms with E-state index in [0.29, 0.717) is 12.3 Å². The van der Waals surface area contributed by atoms with Crippen molar-refractivity contribution in [3.63, 3.8) is 0 Å². The predicted molar refractivity (Wildman–Crippen MR) is 129 cm³/mol. The molecule has 0 aliphatic carbocycles. The standard InChI is InChI=1S/C26H37N3O2/c1-4-6-7-8-9-13-26(14-16-27-19-20(26)5-2)18-25(30)29-24-12-15-28-23-11-10-21(31-3)17-22(23)24/h5,10-12,15,17,20,27H,2,4,6-9,13-14,16,18-19H2,1,3H3,(H,28,29,30)/t20-,26-/m0/s1. The number of ether oxygens (including phenoxy) is 1. The summed E-state index contributed by atoms with van der Waals surface area (Å²) < 4.78 is 5.36. The first kappa shape index (κ1) is 23.3. The molecule has 5 heteroatoms. The molecule has 2 heterocycles. The van der Waals surface area contributed by atoms with E-state index in [4.69, 9.17) is 4.74 Å². The molecule has 1 aromatic heterocycles. The zero-order chi connectivity index (χ0) is 22.1. The van der Waals surface area contributed by atoms with E-state index in [1.54, 1.807) is 13.3 Å². The predicted octanol–water partition coefficient (Wildman–Crippen LogP) is 5.71. The SMILES string of the molecule is C=C[C@H]1CNCC[C@@]1(CCCCCCC)CC(=O)Nc1ccnc2ccc(OC)cc12. The normalized spacial score (nSPS) is 21.0. The van der Waals surface area contributed by atoms with Gasteiger partial charge in [-0.2, -0.15) is 0 Å². The van der Waals surface area contributed by atoms with E-state index in [9.17, 15) is 4.79 Å². The number of nitrogens with zero attached hydrogens (tertiary/aromatic N) is 1. The first-order chi connectivity index (χ1) is 15.1. The highest BCUT2D eigenvalue weighted by atomic mass is 16.5. The number of carbonyl (C=O) groups excluding carboxylic acids is 1. The highest BCUT2D eigenvalue weighted by Crippen LogP contribution is 2.43. The molecule has 168 valence electrons. The minimum absolute atomic E-state index is 0.0240. The van der Waals surface area contributed by atoms with Crippen molar-refractivity contribution in [2.45, 2.75) is 58.3 Å². The van der Waals surface area contributed by atoms with Gasteiger partial charge in [-0.15, -0.1) is 6.58 Å². The third-order valence-corrected chi connectivity index (χ3v) is 6.75. The minimum atomic E-state index is -0.0240. The first-order valence-electron chi connectivity index (χ1n) is 11.7. The second-order valence-electron chi connectivity index (χ2n) is 8.79. The van der Waals surface area contributed by atoms with Gasteiger partial charge in [0.2, 0.25) is 5.91 Å². The molecule has 1 aliphatic rings. The molecule has 2 atom stereocenters. The lowest BCUT2D eigenvalue weighted by Gasteiger charge is -2.43. The van der Waals surface area contributed by atoms with Crippen LogP contribution in [0.3, 0.4) is 0 Å². The molecule has 1 saturated heterocycles. The van der Waals surface area contributed by atoms with Crippen LogP contribution >= 0.6 is 0 Å². The number of hydrogen-bond acceptors (Lipinski definition) is 4. The zero-order valence-corrected chi connectivity index (χ0v) is 19.1. The van der Waals surface area contributed by atoms with Gasteiger partial charge in [0.1, 0.15) is 5.75 Å². The smallest absolute Gasteiger partial charge is 0.224 e. The number of pyridine rings is 1. The molecule has 0 radical (unpaired) electrons. The molecule has 1 aromatic carbocycles. The number of hydrogen-bond donors (Lipinski definition) is 2. The van der Waals surface area contributed by atoms with E-state index in [-0.39, 0.29) is 11.3 Å². The van der Waals surface area contributed by atoms with Crippen LogP contribution in [0.5, 0.6) is 5.75 Å². The van der Waals surface area contributed by atoms with Crippen LogP contribution in [-0.4, -0.2) is 31.1 Å². The summed E-state index contributed by atoms with van der Waals surface area (Å²) in [5.74, 6) is 1.13. The number of fused-ring (bicyclic) bond motifs is 1. The van der Waals surface area contributed by atoms with Crippen LogP contribution in [0.4, 0.5) is 5.69 Å². The van der Waals surface area contributed by atoms with Crippen molar-refractivity contribution in [3.05, 3.63) is 43.1 Å². The molecule has 0 saturated carbocycles. The third-order valence-electron chi connectivity index (χ3n) is 6.75. The van der Waals surface area contributed by atoms with E-state index in [1.807, 2.05) is 24.3 Å². The van der Waals surface area contributed by atoms with Gasteiger partial charge in [-0.05, 0) is 55.0 Å². The van der Waals surface area contributed by atoms with Gasteiger partial charge >= 0.3 is 0 Å². The number of aromatic nitrogens is 1. The maximum absolute atomic E-state index is 13.3. The Hall–Kier alpha value is -2.40. The van der Waals surface area contributed by atoms with Gasteiger partial charge in [0, 0.05) is 24.5 Å². The average Bonchev–Trinajstić information content (AvgIpc) is 2.79. The Balaban J connectivity index is 1.76. The average molecular weight is 424 g/mol. The number of anilines is 1. The van der Waals surface area contributed by atoms with Gasteiger partial charge in [0.25, 0.3) is 0 Å². The van der Waals surface area contributed by atoms with Crippen LogP contribution < -0.4 is 15.4 Å². The number of carbonyl (C=O) groups is 1. The second kappa shape index (κ2) is 11.3. The first-order valence-corrected chi connectivity index (χ1v) is 11.7. The van der Waals surface area contributed by atoms with Crippen molar-refractivity contribution in [1.82, 2.24) is 10.3 Å². The lowest BCUT2D eigenvalue weighted by molar-refractivity contribution is -0.119. The largest absolute Gasteiger partial charge is 0.497 e. The Morgan fingerprint density at radius 1 is 1.32 bits per heavy atom. The van der Waals surface area contributed by atoms with Crippen LogP contribution in [0, 0.1) is 11.3 Å². The van der Waals surface area contributed by atoms with E-state index in [1.165, 1.54) is 32.1 Å². The monoisotopic (exact) mass is 423 g/mol. The number of nitrogens with one attached hydrogen (secondary N) is 2. The molecule has 31 heavy (non-hydrogen) atoms. The van der Waals surface area contributed by atoms with Gasteiger partial charge in [-0.25, -0.2) is 0 Å². The fourth-order valence-corrected chi connectivity index (χ4v) is 4.90. The Kier molecular flexibility index (Phi) is 8.47. The molecule has 2 N–H and O–H groups in total. The van der Waals surface area contributed by atoms with Gasteiger partial charge in [-0.1, -0.05) is 45.1 Å². The minimum Gasteiger partial charge on any atom is -0.497 e. The fourth-order valence-electron chi connectivity index (χ4n) is 4.90. The van der Waals surface area contributed by atoms with Gasteiger partial charge in [-0.3, -0.25) is 9.78 Å². The third kappa shape index (κ3) is 5.85. The summed E-state index contributed by atoms with van der Waals surface area (Å²) in [5.41, 5.74) is 1.61. The molecule has 1 fully saturated rings. The molecular formula is C26H37N3O2. The van der Waals surface area contributed by atoms with E-state index < -0.39 is 0 Å². The molecular weight excluding hydrogens is 386 g/mol. The summed E-state index contributed by atoms with van der Waals surface area (Å²) in [4.78, 5) is 17.7. The van der Waals surface area contributed by atoms with E-state index in [0.717, 1.165) is 48.3 Å². The molecule has 0 unspecified atom stereocenters. The molecule has 1 amide bonds. The lowest BCUT2D eigenvalue weighted by Crippen LogP contribution is -2.46. The Bertz CT molecular complexity index is 882. The molecule has 3 rings (SSSR count). The molecule has 0 bridgehead atoms. The topological polar surface area (TPSA) is 63.2 Å². The lowest BCUT2D eigenvalue weighted by atomic mass is 9.65. The van der Waals surface area contributed by atoms with Crippen molar-refractivity contribution in [2.75, 3.05) is 25.5 Å². The number of rotatable bonds is 11. The Morgan fingerprint density at radius 3 is 2.94 bits per heavy atom. The quantitative estimate of drug-likeness (QED) is 0.359. The van der Waals surface area contributed by atoms with Crippen LogP contribution in [0.1, 0.15) is 58.3 Å². The maximum atomic E-state index is 13.3. The van der Waals surface area contributed by atoms with Crippen molar-refractivity contribution in [1.29, 1.82) is 0 Å². The molecule has 2 aromatic rings. The maximum Gasteiger partial charge on any atom is 0.224 e. The van der Waals surface area contributed by atoms with Crippen molar-refractivity contribution < 1.29 is 9.53 Å². The molecule has 5 nitrogen and oxygen atoms in total. The second-order valence-corrected chi connectivity index (χ2v) is 8.79. The van der Waals surface area contributed by atoms with Crippen molar-refractivity contribution >= 4 is 22.5 Å². The summed E-state index contributed by atoms with van der Waals surface area (Å²) in [6.07, 6.45) is 12.6. The molecule has 0 spiro atoms. The van der Waals surface area contributed by atoms with Gasteiger partial charge in [0.15, 0.2) is 0 Å². The van der Waals surface area contributed by atoms with E-state index in [2.05, 4.69) is 35.2 Å². The number of methoxy groups -OCH3 is 1. The number of unbranched alkanes of at least 4 members (excludes halogenated alkanes) is 4. The fraction of sp³-hybridized carbons (Fsp3) is 0.538. The summed E-state index contributed by atoms with van der Waals surface area (Å²) in [6, 6.07) is 7.60. The summed E-state index contributed by atoms with van der Waals surface area (Å²) in [7, 11) is 1.65. The number of benzene rings is 1. The van der Waals surface area contributed by atoms with E-state index >= 15 is 0 Å². The van der Waals surface area contributed by atoms with Crippen LogP contribution in [0.2, 0.25) is 0 Å². The summed E-state index contributed by atoms with van der Waals surface area (Å²) in [5, 5.41) is 7.56. The van der Waals surface area contributed by atoms with Gasteiger partial charge < -0.3 is 15.4 Å².